The Labute approximate surface area is 157 Å². The summed E-state index contributed by atoms with van der Waals surface area (Å²) in [5, 5.41) is 3.08. The first-order valence-corrected chi connectivity index (χ1v) is 8.58. The third kappa shape index (κ3) is 6.92. The van der Waals surface area contributed by atoms with Gasteiger partial charge in [0.05, 0.1) is 7.11 Å². The van der Waals surface area contributed by atoms with Gasteiger partial charge in [0, 0.05) is 5.02 Å². The van der Waals surface area contributed by atoms with Crippen molar-refractivity contribution in [3.63, 3.8) is 0 Å². The highest BCUT2D eigenvalue weighted by molar-refractivity contribution is 6.30. The van der Waals surface area contributed by atoms with Crippen LogP contribution in [0.2, 0.25) is 5.02 Å². The predicted octanol–water partition coefficient (Wildman–Crippen LogP) is 2.27. The summed E-state index contributed by atoms with van der Waals surface area (Å²) in [6.07, 6.45) is 0.675. The summed E-state index contributed by atoms with van der Waals surface area (Å²) in [5.74, 6) is -1.44. The molecule has 0 heterocycles. The molecule has 0 aliphatic heterocycles. The Hall–Kier alpha value is -2.28. The molecule has 0 unspecified atom stereocenters. The Bertz CT molecular complexity index is 649. The van der Waals surface area contributed by atoms with Crippen LogP contribution >= 0.6 is 11.6 Å². The molecule has 0 aliphatic carbocycles. The van der Waals surface area contributed by atoms with Crippen LogP contribution in [0.5, 0.6) is 5.75 Å². The molecule has 0 fully saturated rings. The van der Waals surface area contributed by atoms with E-state index in [-0.39, 0.29) is 12.5 Å². The van der Waals surface area contributed by atoms with Gasteiger partial charge in [-0.05, 0) is 36.6 Å². The minimum absolute atomic E-state index is 0.113. The molecule has 0 aromatic heterocycles. The van der Waals surface area contributed by atoms with Crippen LogP contribution in [0.15, 0.2) is 18.2 Å². The van der Waals surface area contributed by atoms with Crippen molar-refractivity contribution in [3.8, 4) is 5.75 Å². The van der Waals surface area contributed by atoms with Crippen molar-refractivity contribution in [1.82, 2.24) is 5.32 Å². The Morgan fingerprint density at radius 2 is 1.92 bits per heavy atom. The van der Waals surface area contributed by atoms with E-state index < -0.39 is 30.5 Å². The van der Waals surface area contributed by atoms with Gasteiger partial charge >= 0.3 is 11.9 Å². The highest BCUT2D eigenvalue weighted by atomic mass is 35.5. The third-order valence-corrected chi connectivity index (χ3v) is 4.07. The lowest BCUT2D eigenvalue weighted by Gasteiger charge is -2.21. The molecule has 1 N–H and O–H groups in total. The molecular weight excluding hydrogens is 362 g/mol. The molecule has 0 spiro atoms. The molecule has 1 amide bonds. The second-order valence-electron chi connectivity index (χ2n) is 5.81. The maximum absolute atomic E-state index is 11.9. The summed E-state index contributed by atoms with van der Waals surface area (Å²) in [5.41, 5.74) is 0.775. The van der Waals surface area contributed by atoms with Crippen molar-refractivity contribution in [2.45, 2.75) is 33.2 Å². The molecule has 1 aromatic carbocycles. The van der Waals surface area contributed by atoms with Gasteiger partial charge in [0.1, 0.15) is 11.8 Å². The van der Waals surface area contributed by atoms with Crippen molar-refractivity contribution in [3.05, 3.63) is 28.8 Å². The summed E-state index contributed by atoms with van der Waals surface area (Å²) >= 11 is 5.85. The molecule has 0 saturated heterocycles. The number of aryl methyl sites for hydroxylation is 1. The van der Waals surface area contributed by atoms with Gasteiger partial charge in [0.25, 0.3) is 5.91 Å². The number of esters is 2. The van der Waals surface area contributed by atoms with Crippen LogP contribution in [0.1, 0.15) is 25.8 Å². The summed E-state index contributed by atoms with van der Waals surface area (Å²) in [7, 11) is 1.25. The summed E-state index contributed by atoms with van der Waals surface area (Å²) < 4.78 is 14.9. The number of carbonyl (C=O) groups is 3. The molecule has 7 nitrogen and oxygen atoms in total. The van der Waals surface area contributed by atoms with E-state index in [0.29, 0.717) is 17.2 Å². The number of benzene rings is 1. The fourth-order valence-corrected chi connectivity index (χ4v) is 2.34. The Kier molecular flexibility index (Phi) is 8.92. The first-order valence-electron chi connectivity index (χ1n) is 8.20. The number of amides is 1. The van der Waals surface area contributed by atoms with Gasteiger partial charge in [-0.2, -0.15) is 0 Å². The zero-order valence-electron chi connectivity index (χ0n) is 15.3. The number of hydrogen-bond donors (Lipinski definition) is 1. The zero-order chi connectivity index (χ0) is 19.7. The van der Waals surface area contributed by atoms with Gasteiger partial charge in [-0.1, -0.05) is 31.9 Å². The number of ether oxygens (including phenoxy) is 3. The number of nitrogens with one attached hydrogen (secondary N) is 1. The summed E-state index contributed by atoms with van der Waals surface area (Å²) in [6.45, 7) is 4.65. The van der Waals surface area contributed by atoms with Gasteiger partial charge < -0.3 is 19.5 Å². The summed E-state index contributed by atoms with van der Waals surface area (Å²) in [6, 6.07) is 4.21. The van der Waals surface area contributed by atoms with E-state index in [1.165, 1.54) is 7.11 Å². The van der Waals surface area contributed by atoms with E-state index in [1.807, 2.05) is 13.8 Å². The molecular formula is C18H24ClNO6. The van der Waals surface area contributed by atoms with Crippen molar-refractivity contribution in [2.75, 3.05) is 20.3 Å². The SMILES string of the molecule is CC[C@@H](C)[C@H](NC(=O)COC(=O)COc1ccc(Cl)cc1C)C(=O)OC. The average molecular weight is 386 g/mol. The van der Waals surface area contributed by atoms with Gasteiger partial charge in [-0.3, -0.25) is 4.79 Å². The molecule has 0 bridgehead atoms. The molecule has 2 atom stereocenters. The maximum atomic E-state index is 11.9. The normalized spacial score (nSPS) is 12.7. The molecule has 26 heavy (non-hydrogen) atoms. The van der Waals surface area contributed by atoms with Crippen LogP contribution in [0.4, 0.5) is 0 Å². The monoisotopic (exact) mass is 385 g/mol. The lowest BCUT2D eigenvalue weighted by molar-refractivity contribution is -0.152. The maximum Gasteiger partial charge on any atom is 0.344 e. The molecule has 0 radical (unpaired) electrons. The Morgan fingerprint density at radius 1 is 1.23 bits per heavy atom. The van der Waals surface area contributed by atoms with Crippen LogP contribution in [0, 0.1) is 12.8 Å². The van der Waals surface area contributed by atoms with Crippen molar-refractivity contribution < 1.29 is 28.6 Å². The molecule has 1 aromatic rings. The first-order chi connectivity index (χ1) is 12.3. The average Bonchev–Trinajstić information content (AvgIpc) is 2.62. The molecule has 8 heteroatoms. The van der Waals surface area contributed by atoms with E-state index in [1.54, 1.807) is 25.1 Å². The zero-order valence-corrected chi connectivity index (χ0v) is 16.1. The highest BCUT2D eigenvalue weighted by Crippen LogP contribution is 2.21. The fraction of sp³-hybridized carbons (Fsp3) is 0.500. The van der Waals surface area contributed by atoms with Crippen LogP contribution in [-0.2, 0) is 23.9 Å². The largest absolute Gasteiger partial charge is 0.482 e. The van der Waals surface area contributed by atoms with E-state index in [0.717, 1.165) is 5.56 Å². The highest BCUT2D eigenvalue weighted by Gasteiger charge is 2.26. The first kappa shape index (κ1) is 21.8. The van der Waals surface area contributed by atoms with Gasteiger partial charge in [-0.25, -0.2) is 9.59 Å². The number of rotatable bonds is 9. The molecule has 144 valence electrons. The summed E-state index contributed by atoms with van der Waals surface area (Å²) in [4.78, 5) is 35.4. The van der Waals surface area contributed by atoms with E-state index in [9.17, 15) is 14.4 Å². The number of hydrogen-bond acceptors (Lipinski definition) is 6. The van der Waals surface area contributed by atoms with E-state index in [4.69, 9.17) is 21.1 Å². The Balaban J connectivity index is 2.45. The number of halogens is 1. The van der Waals surface area contributed by atoms with E-state index in [2.05, 4.69) is 10.1 Å². The minimum Gasteiger partial charge on any atom is -0.482 e. The molecule has 0 aliphatic rings. The number of carbonyl (C=O) groups excluding carboxylic acids is 3. The molecule has 0 saturated carbocycles. The second kappa shape index (κ2) is 10.7. The van der Waals surface area contributed by atoms with Crippen molar-refractivity contribution >= 4 is 29.4 Å². The smallest absolute Gasteiger partial charge is 0.344 e. The van der Waals surface area contributed by atoms with Crippen LogP contribution in [0.25, 0.3) is 0 Å². The standard InChI is InChI=1S/C18H24ClNO6/c1-5-11(2)17(18(23)24-4)20-15(21)9-26-16(22)10-25-14-7-6-13(19)8-12(14)3/h6-8,11,17H,5,9-10H2,1-4H3,(H,20,21)/t11-,17+/m1/s1. The lowest BCUT2D eigenvalue weighted by Crippen LogP contribution is -2.47. The quantitative estimate of drug-likeness (QED) is 0.656. The fourth-order valence-electron chi connectivity index (χ4n) is 2.11. The van der Waals surface area contributed by atoms with Gasteiger partial charge in [-0.15, -0.1) is 0 Å². The van der Waals surface area contributed by atoms with Crippen molar-refractivity contribution in [1.29, 1.82) is 0 Å². The second-order valence-corrected chi connectivity index (χ2v) is 6.25. The van der Waals surface area contributed by atoms with Gasteiger partial charge in [0.2, 0.25) is 0 Å². The topological polar surface area (TPSA) is 90.9 Å². The third-order valence-electron chi connectivity index (χ3n) is 3.83. The van der Waals surface area contributed by atoms with Crippen LogP contribution < -0.4 is 10.1 Å². The molecule has 1 rings (SSSR count). The van der Waals surface area contributed by atoms with Crippen molar-refractivity contribution in [2.24, 2.45) is 5.92 Å². The Morgan fingerprint density at radius 3 is 2.50 bits per heavy atom. The van der Waals surface area contributed by atoms with Gasteiger partial charge in [0.15, 0.2) is 13.2 Å². The number of methoxy groups -OCH3 is 1. The van der Waals surface area contributed by atoms with Crippen LogP contribution in [-0.4, -0.2) is 44.2 Å². The minimum atomic E-state index is -0.788. The lowest BCUT2D eigenvalue weighted by atomic mass is 9.99. The predicted molar refractivity (Wildman–Crippen MR) is 96.0 cm³/mol. The van der Waals surface area contributed by atoms with E-state index >= 15 is 0 Å². The van der Waals surface area contributed by atoms with Crippen LogP contribution in [0.3, 0.4) is 0 Å².